The number of carbonyl (C=O) groups excluding carboxylic acids is 2. The molecule has 168 valence electrons. The number of fused-ring (bicyclic) bond motifs is 1. The molecule has 2 aliphatic rings. The van der Waals surface area contributed by atoms with E-state index in [4.69, 9.17) is 14.2 Å². The molecule has 2 aliphatic heterocycles. The average Bonchev–Trinajstić information content (AvgIpc) is 3.06. The summed E-state index contributed by atoms with van der Waals surface area (Å²) in [4.78, 5) is 29.3. The second-order valence-corrected chi connectivity index (χ2v) is 7.83. The largest absolute Gasteiger partial charge is 0.507 e. The normalized spacial score (nSPS) is 19.3. The Labute approximate surface area is 186 Å². The van der Waals surface area contributed by atoms with E-state index in [1.807, 2.05) is 43.3 Å². The van der Waals surface area contributed by atoms with Crippen LogP contribution in [0.3, 0.4) is 0 Å². The summed E-state index contributed by atoms with van der Waals surface area (Å²) in [5.41, 5.74) is 2.13. The van der Waals surface area contributed by atoms with E-state index in [2.05, 4.69) is 0 Å². The van der Waals surface area contributed by atoms with Crippen LogP contribution in [0.1, 0.15) is 17.2 Å². The Balaban J connectivity index is 1.81. The maximum Gasteiger partial charge on any atom is 0.295 e. The van der Waals surface area contributed by atoms with Gasteiger partial charge in [-0.3, -0.25) is 9.59 Å². The van der Waals surface area contributed by atoms with Gasteiger partial charge in [0, 0.05) is 39.0 Å². The van der Waals surface area contributed by atoms with Gasteiger partial charge in [-0.2, -0.15) is 0 Å². The molecule has 2 aromatic carbocycles. The van der Waals surface area contributed by atoms with Crippen molar-refractivity contribution in [3.63, 3.8) is 0 Å². The van der Waals surface area contributed by atoms with E-state index in [1.54, 1.807) is 18.2 Å². The van der Waals surface area contributed by atoms with Gasteiger partial charge in [-0.25, -0.2) is 0 Å². The molecule has 1 atom stereocenters. The average molecular weight is 438 g/mol. The molecule has 4 rings (SSSR count). The third-order valence-corrected chi connectivity index (χ3v) is 5.62. The van der Waals surface area contributed by atoms with Crippen LogP contribution in [0.15, 0.2) is 48.0 Å². The molecule has 1 saturated heterocycles. The highest BCUT2D eigenvalue weighted by Gasteiger charge is 2.46. The highest BCUT2D eigenvalue weighted by molar-refractivity contribution is 6.46. The number of aliphatic hydroxyl groups is 1. The first-order chi connectivity index (χ1) is 15.4. The molecule has 32 heavy (non-hydrogen) atoms. The van der Waals surface area contributed by atoms with Gasteiger partial charge in [0.1, 0.15) is 19.0 Å². The first-order valence-electron chi connectivity index (χ1n) is 10.4. The van der Waals surface area contributed by atoms with Gasteiger partial charge in [-0.15, -0.1) is 0 Å². The van der Waals surface area contributed by atoms with E-state index in [-0.39, 0.29) is 24.5 Å². The van der Waals surface area contributed by atoms with Gasteiger partial charge in [0.15, 0.2) is 11.5 Å². The maximum atomic E-state index is 13.0. The predicted octanol–water partition coefficient (Wildman–Crippen LogP) is 2.59. The van der Waals surface area contributed by atoms with Crippen molar-refractivity contribution in [1.29, 1.82) is 0 Å². The van der Waals surface area contributed by atoms with Crippen molar-refractivity contribution in [1.82, 2.24) is 4.90 Å². The minimum Gasteiger partial charge on any atom is -0.507 e. The van der Waals surface area contributed by atoms with Crippen LogP contribution in [0.4, 0.5) is 5.69 Å². The number of likely N-dealkylation sites (tertiary alicyclic amines) is 1. The second kappa shape index (κ2) is 8.92. The minimum absolute atomic E-state index is 0.0420. The lowest BCUT2D eigenvalue weighted by Crippen LogP contribution is -2.32. The number of rotatable bonds is 6. The zero-order valence-electron chi connectivity index (χ0n) is 18.3. The molecular formula is C24H26N2O6. The van der Waals surface area contributed by atoms with E-state index in [9.17, 15) is 14.7 Å². The van der Waals surface area contributed by atoms with Gasteiger partial charge in [0.25, 0.3) is 11.7 Å². The molecule has 1 amide bonds. The molecule has 0 spiro atoms. The van der Waals surface area contributed by atoms with Crippen LogP contribution in [-0.2, 0) is 14.3 Å². The number of carbonyl (C=O) groups is 2. The van der Waals surface area contributed by atoms with E-state index < -0.39 is 17.7 Å². The first kappa shape index (κ1) is 21.7. The van der Waals surface area contributed by atoms with Gasteiger partial charge < -0.3 is 29.1 Å². The third-order valence-electron chi connectivity index (χ3n) is 5.62. The fourth-order valence-electron chi connectivity index (χ4n) is 3.95. The van der Waals surface area contributed by atoms with Crippen molar-refractivity contribution in [2.75, 3.05) is 52.5 Å². The molecule has 0 unspecified atom stereocenters. The van der Waals surface area contributed by atoms with Crippen LogP contribution in [0.2, 0.25) is 0 Å². The number of methoxy groups -OCH3 is 1. The summed E-state index contributed by atoms with van der Waals surface area (Å²) in [6.45, 7) is 1.34. The fraction of sp³-hybridized carbons (Fsp3) is 0.333. The van der Waals surface area contributed by atoms with Gasteiger partial charge in [0.05, 0.1) is 18.2 Å². The lowest BCUT2D eigenvalue weighted by Gasteiger charge is -2.25. The zero-order valence-corrected chi connectivity index (χ0v) is 18.3. The van der Waals surface area contributed by atoms with Gasteiger partial charge in [-0.05, 0) is 35.9 Å². The topological polar surface area (TPSA) is 88.5 Å². The van der Waals surface area contributed by atoms with Crippen molar-refractivity contribution in [3.05, 3.63) is 59.2 Å². The number of anilines is 1. The molecule has 2 aromatic rings. The van der Waals surface area contributed by atoms with Crippen LogP contribution in [0, 0.1) is 0 Å². The summed E-state index contributed by atoms with van der Waals surface area (Å²) in [5, 5.41) is 11.2. The Morgan fingerprint density at radius 3 is 2.44 bits per heavy atom. The highest BCUT2D eigenvalue weighted by Crippen LogP contribution is 2.41. The molecule has 1 fully saturated rings. The fourth-order valence-corrected chi connectivity index (χ4v) is 3.95. The van der Waals surface area contributed by atoms with Crippen molar-refractivity contribution < 1.29 is 28.9 Å². The maximum absolute atomic E-state index is 13.0. The quantitative estimate of drug-likeness (QED) is 0.421. The van der Waals surface area contributed by atoms with Crippen molar-refractivity contribution in [2.45, 2.75) is 6.04 Å². The number of nitrogens with zero attached hydrogens (tertiary/aromatic N) is 2. The molecule has 1 N–H and O–H groups in total. The third kappa shape index (κ3) is 3.89. The predicted molar refractivity (Wildman–Crippen MR) is 119 cm³/mol. The molecule has 0 bridgehead atoms. The van der Waals surface area contributed by atoms with Crippen LogP contribution in [-0.4, -0.2) is 69.3 Å². The molecule has 0 saturated carbocycles. The van der Waals surface area contributed by atoms with E-state index in [0.717, 1.165) is 11.3 Å². The molecule has 8 nitrogen and oxygen atoms in total. The SMILES string of the molecule is COCCN1C(=O)C(=O)/C(=C(/O)c2ccc3c(c2)OCCO3)[C@@H]1c1ccc(N(C)C)cc1. The van der Waals surface area contributed by atoms with Crippen LogP contribution in [0.5, 0.6) is 11.5 Å². The summed E-state index contributed by atoms with van der Waals surface area (Å²) >= 11 is 0. The Bertz CT molecular complexity index is 1060. The zero-order chi connectivity index (χ0) is 22.8. The Kier molecular flexibility index (Phi) is 6.05. The van der Waals surface area contributed by atoms with Gasteiger partial charge in [-0.1, -0.05) is 12.1 Å². The number of ether oxygens (including phenoxy) is 3. The molecular weight excluding hydrogens is 412 g/mol. The summed E-state index contributed by atoms with van der Waals surface area (Å²) < 4.78 is 16.3. The van der Waals surface area contributed by atoms with E-state index >= 15 is 0 Å². The number of ketones is 1. The van der Waals surface area contributed by atoms with Gasteiger partial charge in [0.2, 0.25) is 0 Å². The second-order valence-electron chi connectivity index (χ2n) is 7.83. The lowest BCUT2D eigenvalue weighted by molar-refractivity contribution is -0.140. The summed E-state index contributed by atoms with van der Waals surface area (Å²) in [7, 11) is 5.40. The van der Waals surface area contributed by atoms with Crippen LogP contribution < -0.4 is 14.4 Å². The Morgan fingerprint density at radius 2 is 1.78 bits per heavy atom. The van der Waals surface area contributed by atoms with Crippen LogP contribution >= 0.6 is 0 Å². The summed E-state index contributed by atoms with van der Waals surface area (Å²) in [6, 6.07) is 11.8. The van der Waals surface area contributed by atoms with Gasteiger partial charge >= 0.3 is 0 Å². The molecule has 0 aromatic heterocycles. The monoisotopic (exact) mass is 438 g/mol. The number of Topliss-reactive ketones (excluding diaryl/α,β-unsaturated/α-hetero) is 1. The number of amides is 1. The standard InChI is InChI=1S/C24H26N2O6/c1-25(2)17-7-4-15(5-8-17)21-20(23(28)24(29)26(21)10-11-30-3)22(27)16-6-9-18-19(14-16)32-13-12-31-18/h4-9,14,21,27H,10-13H2,1-3H3/b22-20+/t21-/m0/s1. The first-order valence-corrected chi connectivity index (χ1v) is 10.4. The van der Waals surface area contributed by atoms with Crippen LogP contribution in [0.25, 0.3) is 5.76 Å². The molecule has 2 heterocycles. The summed E-state index contributed by atoms with van der Waals surface area (Å²) in [6.07, 6.45) is 0. The van der Waals surface area contributed by atoms with E-state index in [0.29, 0.717) is 30.3 Å². The number of hydrogen-bond acceptors (Lipinski definition) is 7. The number of benzene rings is 2. The summed E-state index contributed by atoms with van der Waals surface area (Å²) in [5.74, 6) is -0.579. The lowest BCUT2D eigenvalue weighted by atomic mass is 9.95. The Morgan fingerprint density at radius 1 is 1.09 bits per heavy atom. The number of aliphatic hydroxyl groups excluding tert-OH is 1. The van der Waals surface area contributed by atoms with Crippen molar-refractivity contribution in [2.24, 2.45) is 0 Å². The molecule has 8 heteroatoms. The smallest absolute Gasteiger partial charge is 0.295 e. The highest BCUT2D eigenvalue weighted by atomic mass is 16.6. The minimum atomic E-state index is -0.727. The Hall–Kier alpha value is -3.52. The molecule has 0 aliphatic carbocycles. The van der Waals surface area contributed by atoms with Crippen molar-refractivity contribution in [3.8, 4) is 11.5 Å². The van der Waals surface area contributed by atoms with E-state index in [1.165, 1.54) is 12.0 Å². The number of hydrogen-bond donors (Lipinski definition) is 1. The van der Waals surface area contributed by atoms with Crippen molar-refractivity contribution >= 4 is 23.1 Å². The molecule has 0 radical (unpaired) electrons.